The largest absolute Gasteiger partial charge is 0.346 e. The number of fused-ring (bicyclic) bond motifs is 1. The maximum Gasteiger partial charge on any atom is 0.269 e. The monoisotopic (exact) mass is 420 g/mol. The number of H-pyrrole nitrogens is 1. The smallest absolute Gasteiger partial charge is 0.269 e. The molecule has 9 heteroatoms. The minimum atomic E-state index is -0.297. The van der Waals surface area contributed by atoms with Gasteiger partial charge in [0.15, 0.2) is 11.2 Å². The summed E-state index contributed by atoms with van der Waals surface area (Å²) in [6.07, 6.45) is 4.80. The number of halogens is 1. The summed E-state index contributed by atoms with van der Waals surface area (Å²) < 4.78 is 3.03. The van der Waals surface area contributed by atoms with E-state index in [0.29, 0.717) is 39.4 Å². The van der Waals surface area contributed by atoms with E-state index in [9.17, 15) is 9.59 Å². The maximum atomic E-state index is 12.4. The highest BCUT2D eigenvalue weighted by molar-refractivity contribution is 6.30. The third-order valence-corrected chi connectivity index (χ3v) is 5.07. The van der Waals surface area contributed by atoms with Crippen molar-refractivity contribution >= 4 is 28.3 Å². The molecule has 0 radical (unpaired) electrons. The molecule has 0 saturated heterocycles. The molecule has 8 nitrogen and oxygen atoms in total. The molecule has 0 amide bonds. The van der Waals surface area contributed by atoms with Crippen LogP contribution >= 0.6 is 11.6 Å². The molecule has 4 aromatic rings. The lowest BCUT2D eigenvalue weighted by Crippen LogP contribution is -2.22. The van der Waals surface area contributed by atoms with Crippen LogP contribution in [0.3, 0.4) is 0 Å². The van der Waals surface area contributed by atoms with E-state index in [1.54, 1.807) is 31.5 Å². The van der Waals surface area contributed by atoms with Crippen molar-refractivity contribution < 1.29 is 0 Å². The Morgan fingerprint density at radius 1 is 1.23 bits per heavy atom. The molecule has 0 unspecified atom stereocenters. The number of nitrogens with one attached hydrogen (secondary N) is 1. The Bertz CT molecular complexity index is 1460. The molecule has 0 atom stereocenters. The van der Waals surface area contributed by atoms with Crippen molar-refractivity contribution in [3.05, 3.63) is 79.5 Å². The standard InChI is InChI=1S/C21H17ClN6O2/c1-11(2)27-9-13(7-16(22)21(27)30)14-8-15-18(29)5-6-24-19(15)25-20(14)28-10-17(23-4)12(3)26-28/h5-11H,1-3H3,(H,24,25,29). The van der Waals surface area contributed by atoms with Gasteiger partial charge in [-0.15, -0.1) is 0 Å². The topological polar surface area (TPSA) is 89.9 Å². The van der Waals surface area contributed by atoms with E-state index < -0.39 is 0 Å². The van der Waals surface area contributed by atoms with E-state index in [2.05, 4.69) is 19.9 Å². The lowest BCUT2D eigenvalue weighted by Gasteiger charge is -2.15. The molecule has 0 aliphatic heterocycles. The van der Waals surface area contributed by atoms with Gasteiger partial charge in [0.05, 0.1) is 17.7 Å². The first kappa shape index (κ1) is 19.6. The number of hydrogen-bond donors (Lipinski definition) is 1. The van der Waals surface area contributed by atoms with Gasteiger partial charge in [-0.3, -0.25) is 9.59 Å². The lowest BCUT2D eigenvalue weighted by atomic mass is 10.1. The molecule has 0 bridgehead atoms. The number of aromatic amines is 1. The Morgan fingerprint density at radius 3 is 2.67 bits per heavy atom. The molecular formula is C21H17ClN6O2. The molecule has 0 spiro atoms. The molecule has 150 valence electrons. The molecule has 1 N–H and O–H groups in total. The van der Waals surface area contributed by atoms with Gasteiger partial charge in [-0.25, -0.2) is 14.5 Å². The molecule has 0 aliphatic rings. The Labute approximate surface area is 176 Å². The zero-order valence-electron chi connectivity index (χ0n) is 16.5. The van der Waals surface area contributed by atoms with Gasteiger partial charge in [0, 0.05) is 41.8 Å². The molecule has 4 rings (SSSR count). The summed E-state index contributed by atoms with van der Waals surface area (Å²) in [7, 11) is 0. The van der Waals surface area contributed by atoms with Gasteiger partial charge in [-0.05, 0) is 32.9 Å². The van der Waals surface area contributed by atoms with Crippen molar-refractivity contribution in [1.82, 2.24) is 24.3 Å². The van der Waals surface area contributed by atoms with Crippen LogP contribution < -0.4 is 11.0 Å². The zero-order chi connectivity index (χ0) is 21.6. The van der Waals surface area contributed by atoms with Crippen LogP contribution in [0.5, 0.6) is 0 Å². The van der Waals surface area contributed by atoms with Crippen molar-refractivity contribution in [3.63, 3.8) is 0 Å². The second-order valence-corrected chi connectivity index (χ2v) is 7.54. The second-order valence-electron chi connectivity index (χ2n) is 7.14. The number of hydrogen-bond acceptors (Lipinski definition) is 4. The van der Waals surface area contributed by atoms with Crippen LogP contribution in [0.25, 0.3) is 32.8 Å². The molecule has 0 aromatic carbocycles. The van der Waals surface area contributed by atoms with Gasteiger partial charge < -0.3 is 9.55 Å². The number of rotatable bonds is 3. The van der Waals surface area contributed by atoms with E-state index in [1.807, 2.05) is 13.8 Å². The molecule has 30 heavy (non-hydrogen) atoms. The van der Waals surface area contributed by atoms with E-state index >= 15 is 0 Å². The van der Waals surface area contributed by atoms with Gasteiger partial charge in [-0.1, -0.05) is 11.6 Å². The fourth-order valence-corrected chi connectivity index (χ4v) is 3.46. The van der Waals surface area contributed by atoms with Crippen LogP contribution in [0.1, 0.15) is 25.6 Å². The molecule has 4 aromatic heterocycles. The normalized spacial score (nSPS) is 11.2. The third kappa shape index (κ3) is 3.19. The quantitative estimate of drug-likeness (QED) is 0.506. The average molecular weight is 421 g/mol. The van der Waals surface area contributed by atoms with Gasteiger partial charge in [0.25, 0.3) is 5.56 Å². The fraction of sp³-hybridized carbons (Fsp3) is 0.190. The highest BCUT2D eigenvalue weighted by Gasteiger charge is 2.18. The minimum absolute atomic E-state index is 0.0627. The Kier molecular flexibility index (Phi) is 4.76. The van der Waals surface area contributed by atoms with Crippen molar-refractivity contribution in [2.45, 2.75) is 26.8 Å². The van der Waals surface area contributed by atoms with Crippen molar-refractivity contribution in [1.29, 1.82) is 0 Å². The van der Waals surface area contributed by atoms with Crippen molar-refractivity contribution in [2.75, 3.05) is 0 Å². The first-order valence-electron chi connectivity index (χ1n) is 9.18. The van der Waals surface area contributed by atoms with Gasteiger partial charge in [-0.2, -0.15) is 5.10 Å². The van der Waals surface area contributed by atoms with E-state index in [1.165, 1.54) is 21.5 Å². The molecule has 0 aliphatic carbocycles. The van der Waals surface area contributed by atoms with Crippen molar-refractivity contribution in [2.24, 2.45) is 0 Å². The summed E-state index contributed by atoms with van der Waals surface area (Å²) in [6, 6.07) is 4.56. The average Bonchev–Trinajstić information content (AvgIpc) is 3.09. The number of aromatic nitrogens is 5. The Balaban J connectivity index is 2.10. The Hall–Kier alpha value is -3.70. The predicted octanol–water partition coefficient (Wildman–Crippen LogP) is 4.03. The lowest BCUT2D eigenvalue weighted by molar-refractivity contribution is 0.579. The highest BCUT2D eigenvalue weighted by atomic mass is 35.5. The minimum Gasteiger partial charge on any atom is -0.346 e. The third-order valence-electron chi connectivity index (χ3n) is 4.80. The van der Waals surface area contributed by atoms with Gasteiger partial charge in [0.2, 0.25) is 5.69 Å². The van der Waals surface area contributed by atoms with Crippen LogP contribution in [0.2, 0.25) is 5.02 Å². The van der Waals surface area contributed by atoms with E-state index in [0.717, 1.165) is 0 Å². The predicted molar refractivity (Wildman–Crippen MR) is 116 cm³/mol. The first-order valence-corrected chi connectivity index (χ1v) is 9.56. The molecule has 0 saturated carbocycles. The fourth-order valence-electron chi connectivity index (χ4n) is 3.24. The van der Waals surface area contributed by atoms with Crippen LogP contribution in [0.15, 0.2) is 46.4 Å². The van der Waals surface area contributed by atoms with Gasteiger partial charge in [0.1, 0.15) is 10.7 Å². The second kappa shape index (κ2) is 7.28. The summed E-state index contributed by atoms with van der Waals surface area (Å²) in [5, 5.41) is 4.87. The maximum absolute atomic E-state index is 12.4. The summed E-state index contributed by atoms with van der Waals surface area (Å²) in [5.41, 5.74) is 2.04. The molecule has 0 fully saturated rings. The number of pyridine rings is 3. The summed E-state index contributed by atoms with van der Waals surface area (Å²) in [6.45, 7) is 12.8. The van der Waals surface area contributed by atoms with Crippen LogP contribution in [0.4, 0.5) is 5.69 Å². The van der Waals surface area contributed by atoms with Crippen molar-refractivity contribution in [3.8, 4) is 16.9 Å². The van der Waals surface area contributed by atoms with Crippen LogP contribution in [-0.4, -0.2) is 24.3 Å². The Morgan fingerprint density at radius 2 is 2.00 bits per heavy atom. The van der Waals surface area contributed by atoms with E-state index in [4.69, 9.17) is 18.2 Å². The molecular weight excluding hydrogens is 404 g/mol. The SMILES string of the molecule is [C-]#[N+]c1cn(-c2nc3[nH]ccc(=O)c3cc2-c2cc(Cl)c(=O)n(C(C)C)c2)nc1C. The summed E-state index contributed by atoms with van der Waals surface area (Å²) in [5.74, 6) is 0.410. The van der Waals surface area contributed by atoms with Crippen LogP contribution in [-0.2, 0) is 0 Å². The van der Waals surface area contributed by atoms with Gasteiger partial charge >= 0.3 is 0 Å². The highest BCUT2D eigenvalue weighted by Crippen LogP contribution is 2.30. The molecule has 4 heterocycles. The first-order chi connectivity index (χ1) is 14.3. The van der Waals surface area contributed by atoms with E-state index in [-0.39, 0.29) is 22.1 Å². The number of nitrogens with zero attached hydrogens (tertiary/aromatic N) is 5. The summed E-state index contributed by atoms with van der Waals surface area (Å²) in [4.78, 5) is 35.9. The zero-order valence-corrected chi connectivity index (χ0v) is 17.2. The number of aryl methyl sites for hydroxylation is 1. The summed E-state index contributed by atoms with van der Waals surface area (Å²) >= 11 is 6.23. The van der Waals surface area contributed by atoms with Crippen LogP contribution in [0, 0.1) is 13.5 Å².